The fourth-order valence-electron chi connectivity index (χ4n) is 1.73. The molecule has 2 aromatic carbocycles. The fraction of sp³-hybridized carbons (Fsp3) is 0.200. The van der Waals surface area contributed by atoms with E-state index in [0.717, 1.165) is 21.2 Å². The van der Waals surface area contributed by atoms with Crippen molar-refractivity contribution in [1.29, 1.82) is 0 Å². The largest absolute Gasteiger partial charge is 0.381 e. The molecule has 2 aromatic rings. The van der Waals surface area contributed by atoms with Crippen LogP contribution in [0.3, 0.4) is 0 Å². The van der Waals surface area contributed by atoms with E-state index in [9.17, 15) is 0 Å². The highest BCUT2D eigenvalue weighted by Crippen LogP contribution is 2.24. The van der Waals surface area contributed by atoms with Crippen LogP contribution in [-0.2, 0) is 6.54 Å². The van der Waals surface area contributed by atoms with Crippen molar-refractivity contribution in [3.63, 3.8) is 0 Å². The van der Waals surface area contributed by atoms with E-state index in [0.29, 0.717) is 0 Å². The van der Waals surface area contributed by atoms with Crippen LogP contribution >= 0.6 is 31.9 Å². The zero-order valence-electron chi connectivity index (χ0n) is 11.0. The first-order chi connectivity index (χ1) is 9.06. The van der Waals surface area contributed by atoms with Gasteiger partial charge in [-0.1, -0.05) is 6.07 Å². The normalized spacial score (nSPS) is 10.3. The molecule has 0 aliphatic carbocycles. The zero-order chi connectivity index (χ0) is 13.8. The van der Waals surface area contributed by atoms with Gasteiger partial charge in [0, 0.05) is 41.0 Å². The van der Waals surface area contributed by atoms with Gasteiger partial charge >= 0.3 is 0 Å². The highest BCUT2D eigenvalue weighted by Gasteiger charge is 2.00. The third kappa shape index (κ3) is 3.98. The summed E-state index contributed by atoms with van der Waals surface area (Å²) in [5.74, 6) is 0. The first-order valence-electron chi connectivity index (χ1n) is 6.01. The van der Waals surface area contributed by atoms with E-state index >= 15 is 0 Å². The Labute approximate surface area is 131 Å². The number of benzene rings is 2. The molecule has 19 heavy (non-hydrogen) atoms. The third-order valence-corrected chi connectivity index (χ3v) is 4.74. The molecule has 0 spiro atoms. The lowest BCUT2D eigenvalue weighted by atomic mass is 10.2. The molecule has 0 saturated carbocycles. The molecule has 0 heterocycles. The van der Waals surface area contributed by atoms with Gasteiger partial charge < -0.3 is 10.2 Å². The van der Waals surface area contributed by atoms with E-state index in [4.69, 9.17) is 0 Å². The molecule has 0 unspecified atom stereocenters. The number of hydrogen-bond acceptors (Lipinski definition) is 2. The van der Waals surface area contributed by atoms with Crippen LogP contribution in [0.4, 0.5) is 11.4 Å². The SMILES string of the molecule is CN(C)c1ccc(NCc2ccc(Br)c(Br)c2)cc1. The first kappa shape index (κ1) is 14.4. The Morgan fingerprint density at radius 1 is 0.947 bits per heavy atom. The second-order valence-corrected chi connectivity index (χ2v) is 6.25. The van der Waals surface area contributed by atoms with Crippen LogP contribution in [0, 0.1) is 0 Å². The summed E-state index contributed by atoms with van der Waals surface area (Å²) in [6.07, 6.45) is 0. The van der Waals surface area contributed by atoms with Gasteiger partial charge in [-0.25, -0.2) is 0 Å². The average molecular weight is 384 g/mol. The van der Waals surface area contributed by atoms with Gasteiger partial charge in [-0.05, 0) is 73.8 Å². The monoisotopic (exact) mass is 382 g/mol. The molecule has 0 saturated heterocycles. The molecule has 0 bridgehead atoms. The Kier molecular flexibility index (Phi) is 4.88. The molecule has 4 heteroatoms. The van der Waals surface area contributed by atoms with Crippen LogP contribution < -0.4 is 10.2 Å². The maximum Gasteiger partial charge on any atom is 0.0401 e. The lowest BCUT2D eigenvalue weighted by Gasteiger charge is -2.13. The molecule has 100 valence electrons. The fourth-order valence-corrected chi connectivity index (χ4v) is 2.40. The van der Waals surface area contributed by atoms with Crippen molar-refractivity contribution in [1.82, 2.24) is 0 Å². The third-order valence-electron chi connectivity index (χ3n) is 2.86. The predicted octanol–water partition coefficient (Wildman–Crippen LogP) is 4.89. The second-order valence-electron chi connectivity index (χ2n) is 4.54. The van der Waals surface area contributed by atoms with Gasteiger partial charge in [-0.15, -0.1) is 0 Å². The maximum atomic E-state index is 3.52. The lowest BCUT2D eigenvalue weighted by Crippen LogP contribution is -2.08. The highest BCUT2D eigenvalue weighted by atomic mass is 79.9. The van der Waals surface area contributed by atoms with E-state index in [1.54, 1.807) is 0 Å². The number of anilines is 2. The van der Waals surface area contributed by atoms with E-state index in [-0.39, 0.29) is 0 Å². The quantitative estimate of drug-likeness (QED) is 0.808. The summed E-state index contributed by atoms with van der Waals surface area (Å²) in [4.78, 5) is 2.09. The Balaban J connectivity index is 2.00. The molecule has 0 aliphatic rings. The van der Waals surface area contributed by atoms with Crippen molar-refractivity contribution in [2.24, 2.45) is 0 Å². The molecule has 0 aliphatic heterocycles. The Morgan fingerprint density at radius 3 is 2.21 bits per heavy atom. The number of nitrogens with one attached hydrogen (secondary N) is 1. The van der Waals surface area contributed by atoms with Gasteiger partial charge in [0.2, 0.25) is 0 Å². The Hall–Kier alpha value is -1.000. The van der Waals surface area contributed by atoms with Crippen molar-refractivity contribution in [3.8, 4) is 0 Å². The lowest BCUT2D eigenvalue weighted by molar-refractivity contribution is 1.12. The van der Waals surface area contributed by atoms with Gasteiger partial charge in [0.25, 0.3) is 0 Å². The zero-order valence-corrected chi connectivity index (χ0v) is 14.1. The maximum absolute atomic E-state index is 3.52. The summed E-state index contributed by atoms with van der Waals surface area (Å²) in [5, 5.41) is 3.42. The standard InChI is InChI=1S/C15H16Br2N2/c1-19(2)13-6-4-12(5-7-13)18-10-11-3-8-14(16)15(17)9-11/h3-9,18H,10H2,1-2H3. The molecule has 0 radical (unpaired) electrons. The van der Waals surface area contributed by atoms with Gasteiger partial charge in [0.05, 0.1) is 0 Å². The summed E-state index contributed by atoms with van der Waals surface area (Å²) in [5.41, 5.74) is 3.58. The number of hydrogen-bond donors (Lipinski definition) is 1. The topological polar surface area (TPSA) is 15.3 Å². The molecular formula is C15H16Br2N2. The van der Waals surface area contributed by atoms with Crippen LogP contribution in [0.2, 0.25) is 0 Å². The molecule has 2 rings (SSSR count). The van der Waals surface area contributed by atoms with Crippen molar-refractivity contribution in [2.45, 2.75) is 6.54 Å². The van der Waals surface area contributed by atoms with Gasteiger partial charge in [0.1, 0.15) is 0 Å². The second kappa shape index (κ2) is 6.44. The van der Waals surface area contributed by atoms with E-state index in [1.807, 2.05) is 14.1 Å². The van der Waals surface area contributed by atoms with Crippen molar-refractivity contribution < 1.29 is 0 Å². The number of nitrogens with zero attached hydrogens (tertiary/aromatic N) is 1. The number of halogens is 2. The van der Waals surface area contributed by atoms with Crippen LogP contribution in [-0.4, -0.2) is 14.1 Å². The van der Waals surface area contributed by atoms with Crippen molar-refractivity contribution >= 4 is 43.2 Å². The minimum atomic E-state index is 0.813. The van der Waals surface area contributed by atoms with Crippen LogP contribution in [0.5, 0.6) is 0 Å². The van der Waals surface area contributed by atoms with Crippen molar-refractivity contribution in [3.05, 3.63) is 57.0 Å². The molecule has 2 nitrogen and oxygen atoms in total. The molecule has 0 amide bonds. The summed E-state index contributed by atoms with van der Waals surface area (Å²) in [6, 6.07) is 14.7. The van der Waals surface area contributed by atoms with Gasteiger partial charge in [-0.2, -0.15) is 0 Å². The molecule has 1 N–H and O–H groups in total. The minimum Gasteiger partial charge on any atom is -0.381 e. The van der Waals surface area contributed by atoms with E-state index in [1.165, 1.54) is 11.3 Å². The smallest absolute Gasteiger partial charge is 0.0401 e. The van der Waals surface area contributed by atoms with E-state index < -0.39 is 0 Å². The van der Waals surface area contributed by atoms with Crippen molar-refractivity contribution in [2.75, 3.05) is 24.3 Å². The molecular weight excluding hydrogens is 368 g/mol. The van der Waals surface area contributed by atoms with Gasteiger partial charge in [-0.3, -0.25) is 0 Å². The Bertz CT molecular complexity index is 551. The minimum absolute atomic E-state index is 0.813. The van der Waals surface area contributed by atoms with Gasteiger partial charge in [0.15, 0.2) is 0 Å². The predicted molar refractivity (Wildman–Crippen MR) is 89.9 cm³/mol. The van der Waals surface area contributed by atoms with Crippen LogP contribution in [0.15, 0.2) is 51.4 Å². The van der Waals surface area contributed by atoms with E-state index in [2.05, 4.69) is 84.5 Å². The average Bonchev–Trinajstić information content (AvgIpc) is 2.40. The Morgan fingerprint density at radius 2 is 1.63 bits per heavy atom. The number of rotatable bonds is 4. The summed E-state index contributed by atoms with van der Waals surface area (Å²) < 4.78 is 2.15. The van der Waals surface area contributed by atoms with Crippen LogP contribution in [0.1, 0.15) is 5.56 Å². The first-order valence-corrected chi connectivity index (χ1v) is 7.60. The summed E-state index contributed by atoms with van der Waals surface area (Å²) >= 11 is 6.99. The van der Waals surface area contributed by atoms with Crippen LogP contribution in [0.25, 0.3) is 0 Å². The highest BCUT2D eigenvalue weighted by molar-refractivity contribution is 9.13. The summed E-state index contributed by atoms with van der Waals surface area (Å²) in [6.45, 7) is 0.813. The molecule has 0 aromatic heterocycles. The molecule has 0 atom stereocenters. The summed E-state index contributed by atoms with van der Waals surface area (Å²) in [7, 11) is 4.09. The molecule has 0 fully saturated rings.